The van der Waals surface area contributed by atoms with Gasteiger partial charge < -0.3 is 20.7 Å². The van der Waals surface area contributed by atoms with Crippen LogP contribution in [-0.2, 0) is 9.84 Å². The summed E-state index contributed by atoms with van der Waals surface area (Å²) in [6, 6.07) is 20.3. The van der Waals surface area contributed by atoms with Crippen molar-refractivity contribution in [3.8, 4) is 17.7 Å². The van der Waals surface area contributed by atoms with Crippen LogP contribution in [0.4, 0.5) is 22.9 Å². The zero-order valence-electron chi connectivity index (χ0n) is 16.7. The summed E-state index contributed by atoms with van der Waals surface area (Å²) in [7, 11) is -2.92. The van der Waals surface area contributed by atoms with Gasteiger partial charge in [-0.2, -0.15) is 10.2 Å². The maximum atomic E-state index is 11.6. The van der Waals surface area contributed by atoms with Crippen LogP contribution in [0.3, 0.4) is 0 Å². The van der Waals surface area contributed by atoms with Crippen LogP contribution >= 0.6 is 0 Å². The van der Waals surface area contributed by atoms with E-state index in [1.54, 1.807) is 18.2 Å². The Labute approximate surface area is 180 Å². The summed E-state index contributed by atoms with van der Waals surface area (Å²) >= 11 is 0. The molecule has 31 heavy (non-hydrogen) atoms. The molecular weight excluding hydrogens is 414 g/mol. The van der Waals surface area contributed by atoms with Gasteiger partial charge in [0.25, 0.3) is 0 Å². The number of benzene rings is 2. The van der Waals surface area contributed by atoms with E-state index in [4.69, 9.17) is 10.5 Å². The van der Waals surface area contributed by atoms with Gasteiger partial charge in [-0.25, -0.2) is 8.42 Å². The molecule has 3 N–H and O–H groups in total. The van der Waals surface area contributed by atoms with Crippen LogP contribution in [0.15, 0.2) is 60.7 Å². The van der Waals surface area contributed by atoms with E-state index in [0.29, 0.717) is 24.7 Å². The standard InChI is InChI=1S/C22H21N5O3S/c23-15-19-20(24)14-21(26-22(19)30-18-4-2-1-3-5-18)25-16-6-8-17(9-7-16)27-10-12-31(28,29)13-11-27/h1-9,14H,10-13H2,(H3,24,25,26). The number of pyridine rings is 1. The first-order chi connectivity index (χ1) is 14.9. The van der Waals surface area contributed by atoms with Gasteiger partial charge in [0.2, 0.25) is 5.88 Å². The lowest BCUT2D eigenvalue weighted by Crippen LogP contribution is -2.40. The first-order valence-electron chi connectivity index (χ1n) is 9.69. The molecule has 1 saturated heterocycles. The smallest absolute Gasteiger partial charge is 0.241 e. The highest BCUT2D eigenvalue weighted by molar-refractivity contribution is 7.91. The maximum Gasteiger partial charge on any atom is 0.241 e. The maximum absolute atomic E-state index is 11.6. The number of nitrogen functional groups attached to an aromatic ring is 1. The molecule has 1 aromatic heterocycles. The number of para-hydroxylation sites is 1. The van der Waals surface area contributed by atoms with Gasteiger partial charge in [-0.15, -0.1) is 0 Å². The van der Waals surface area contributed by atoms with E-state index >= 15 is 0 Å². The summed E-state index contributed by atoms with van der Waals surface area (Å²) in [6.07, 6.45) is 0. The summed E-state index contributed by atoms with van der Waals surface area (Å²) in [5.74, 6) is 1.47. The lowest BCUT2D eigenvalue weighted by Gasteiger charge is -2.28. The minimum atomic E-state index is -2.92. The average Bonchev–Trinajstić information content (AvgIpc) is 2.75. The van der Waals surface area contributed by atoms with Crippen LogP contribution in [-0.4, -0.2) is 38.0 Å². The highest BCUT2D eigenvalue weighted by Crippen LogP contribution is 2.30. The normalized spacial score (nSPS) is 15.1. The predicted octanol–water partition coefficient (Wildman–Crippen LogP) is 3.31. The molecule has 1 aliphatic heterocycles. The largest absolute Gasteiger partial charge is 0.438 e. The SMILES string of the molecule is N#Cc1c(N)cc(Nc2ccc(N3CCS(=O)(=O)CC3)cc2)nc1Oc1ccccc1. The summed E-state index contributed by atoms with van der Waals surface area (Å²) in [6.45, 7) is 0.978. The minimum absolute atomic E-state index is 0.127. The minimum Gasteiger partial charge on any atom is -0.438 e. The zero-order valence-corrected chi connectivity index (χ0v) is 17.5. The van der Waals surface area contributed by atoms with Crippen molar-refractivity contribution in [2.75, 3.05) is 40.5 Å². The van der Waals surface area contributed by atoms with Crippen molar-refractivity contribution in [1.82, 2.24) is 4.98 Å². The van der Waals surface area contributed by atoms with Crippen LogP contribution in [0.2, 0.25) is 0 Å². The molecule has 0 aliphatic carbocycles. The van der Waals surface area contributed by atoms with Gasteiger partial charge in [0.05, 0.1) is 17.2 Å². The molecular formula is C22H21N5O3S. The Bertz CT molecular complexity index is 1210. The number of hydrogen-bond acceptors (Lipinski definition) is 8. The molecule has 4 rings (SSSR count). The van der Waals surface area contributed by atoms with Gasteiger partial charge in [0, 0.05) is 30.5 Å². The quantitative estimate of drug-likeness (QED) is 0.626. The fourth-order valence-electron chi connectivity index (χ4n) is 3.27. The van der Waals surface area contributed by atoms with Crippen molar-refractivity contribution in [1.29, 1.82) is 5.26 Å². The summed E-state index contributed by atoms with van der Waals surface area (Å²) in [4.78, 5) is 6.46. The number of aromatic nitrogens is 1. The average molecular weight is 436 g/mol. The van der Waals surface area contributed by atoms with Crippen molar-refractivity contribution in [2.24, 2.45) is 0 Å². The number of sulfone groups is 1. The van der Waals surface area contributed by atoms with Crippen LogP contribution in [0.25, 0.3) is 0 Å². The van der Waals surface area contributed by atoms with Crippen molar-refractivity contribution in [2.45, 2.75) is 0 Å². The predicted molar refractivity (Wildman–Crippen MR) is 120 cm³/mol. The summed E-state index contributed by atoms with van der Waals surface area (Å²) in [5.41, 5.74) is 8.21. The third kappa shape index (κ3) is 4.87. The second-order valence-corrected chi connectivity index (χ2v) is 9.42. The molecule has 3 aromatic rings. The third-order valence-corrected chi connectivity index (χ3v) is 6.54. The van der Waals surface area contributed by atoms with Gasteiger partial charge in [0.1, 0.15) is 23.2 Å². The van der Waals surface area contributed by atoms with Crippen LogP contribution in [0.1, 0.15) is 5.56 Å². The van der Waals surface area contributed by atoms with Crippen molar-refractivity contribution >= 4 is 32.7 Å². The Morgan fingerprint density at radius 1 is 1.06 bits per heavy atom. The molecule has 9 heteroatoms. The highest BCUT2D eigenvalue weighted by atomic mass is 32.2. The van der Waals surface area contributed by atoms with Crippen molar-refractivity contribution in [3.63, 3.8) is 0 Å². The Morgan fingerprint density at radius 2 is 1.74 bits per heavy atom. The Morgan fingerprint density at radius 3 is 2.39 bits per heavy atom. The molecule has 0 radical (unpaired) electrons. The van der Waals surface area contributed by atoms with Gasteiger partial charge in [-0.05, 0) is 36.4 Å². The number of hydrogen-bond donors (Lipinski definition) is 2. The molecule has 0 spiro atoms. The fourth-order valence-corrected chi connectivity index (χ4v) is 4.47. The van der Waals surface area contributed by atoms with Crippen LogP contribution in [0, 0.1) is 11.3 Å². The highest BCUT2D eigenvalue weighted by Gasteiger charge is 2.21. The molecule has 8 nitrogen and oxygen atoms in total. The first kappa shape index (κ1) is 20.5. The molecule has 1 aliphatic rings. The van der Waals surface area contributed by atoms with E-state index in [1.165, 1.54) is 0 Å². The molecule has 0 bridgehead atoms. The second kappa shape index (κ2) is 8.53. The van der Waals surface area contributed by atoms with Crippen LogP contribution in [0.5, 0.6) is 11.6 Å². The van der Waals surface area contributed by atoms with Gasteiger partial charge in [-0.1, -0.05) is 18.2 Å². The molecule has 2 aromatic carbocycles. The third-order valence-electron chi connectivity index (χ3n) is 4.94. The van der Waals surface area contributed by atoms with Gasteiger partial charge in [0.15, 0.2) is 9.84 Å². The van der Waals surface area contributed by atoms with E-state index in [0.717, 1.165) is 11.4 Å². The van der Waals surface area contributed by atoms with E-state index in [-0.39, 0.29) is 28.6 Å². The number of ether oxygens (including phenoxy) is 1. The van der Waals surface area contributed by atoms with Gasteiger partial charge in [-0.3, -0.25) is 0 Å². The molecule has 0 amide bonds. The number of rotatable bonds is 5. The zero-order chi connectivity index (χ0) is 21.8. The van der Waals surface area contributed by atoms with E-state index in [9.17, 15) is 13.7 Å². The summed E-state index contributed by atoms with van der Waals surface area (Å²) < 4.78 is 29.0. The fraction of sp³-hybridized carbons (Fsp3) is 0.182. The topological polar surface area (TPSA) is 121 Å². The van der Waals surface area contributed by atoms with E-state index < -0.39 is 9.84 Å². The first-order valence-corrected chi connectivity index (χ1v) is 11.5. The molecule has 2 heterocycles. The van der Waals surface area contributed by atoms with Crippen molar-refractivity contribution < 1.29 is 13.2 Å². The van der Waals surface area contributed by atoms with Crippen molar-refractivity contribution in [3.05, 3.63) is 66.2 Å². The number of nitrogens with one attached hydrogen (secondary N) is 1. The Hall–Kier alpha value is -3.77. The lowest BCUT2D eigenvalue weighted by atomic mass is 10.2. The number of nitriles is 1. The molecule has 0 atom stereocenters. The monoisotopic (exact) mass is 435 g/mol. The lowest BCUT2D eigenvalue weighted by molar-refractivity contribution is 0.462. The second-order valence-electron chi connectivity index (χ2n) is 7.11. The van der Waals surface area contributed by atoms with E-state index in [1.807, 2.05) is 48.5 Å². The Balaban J connectivity index is 1.52. The van der Waals surface area contributed by atoms with Crippen LogP contribution < -0.4 is 20.7 Å². The Kier molecular flexibility index (Phi) is 5.64. The number of nitrogens with two attached hydrogens (primary N) is 1. The number of anilines is 4. The van der Waals surface area contributed by atoms with Gasteiger partial charge >= 0.3 is 0 Å². The summed E-state index contributed by atoms with van der Waals surface area (Å²) in [5, 5.41) is 12.6. The molecule has 0 saturated carbocycles. The molecule has 0 unspecified atom stereocenters. The molecule has 1 fully saturated rings. The molecule has 158 valence electrons. The van der Waals surface area contributed by atoms with E-state index in [2.05, 4.69) is 15.2 Å². The number of nitrogens with zero attached hydrogens (tertiary/aromatic N) is 3.